The summed E-state index contributed by atoms with van der Waals surface area (Å²) in [4.78, 5) is 24.7. The first-order valence-corrected chi connectivity index (χ1v) is 14.4. The molecule has 14 nitrogen and oxygen atoms in total. The van der Waals surface area contributed by atoms with Crippen LogP contribution in [0.3, 0.4) is 0 Å². The molecule has 1 aliphatic rings. The Labute approximate surface area is 237 Å². The van der Waals surface area contributed by atoms with E-state index in [-0.39, 0.29) is 30.6 Å². The van der Waals surface area contributed by atoms with Crippen molar-refractivity contribution in [2.45, 2.75) is 25.6 Å². The van der Waals surface area contributed by atoms with Gasteiger partial charge in [0.15, 0.2) is 11.5 Å². The number of likely N-dealkylation sites (N-methyl/N-ethyl adjacent to an activating group) is 1. The Morgan fingerprint density at radius 2 is 1.85 bits per heavy atom. The number of esters is 1. The van der Waals surface area contributed by atoms with Gasteiger partial charge in [0.25, 0.3) is 5.69 Å². The molecule has 3 aromatic rings. The molecule has 0 N–H and O–H groups in total. The van der Waals surface area contributed by atoms with E-state index in [1.54, 1.807) is 41.2 Å². The number of methoxy groups -OCH3 is 2. The zero-order valence-corrected chi connectivity index (χ0v) is 23.8. The van der Waals surface area contributed by atoms with E-state index in [0.29, 0.717) is 48.8 Å². The normalized spacial score (nSPS) is 16.5. The molecule has 0 spiro atoms. The quantitative estimate of drug-likeness (QED) is 0.124. The van der Waals surface area contributed by atoms with Gasteiger partial charge in [-0.3, -0.25) is 10.1 Å². The molecule has 0 bridgehead atoms. The Balaban J connectivity index is 1.24. The first-order valence-electron chi connectivity index (χ1n) is 12.8. The number of aromatic nitrogens is 3. The van der Waals surface area contributed by atoms with Crippen LogP contribution < -0.4 is 9.47 Å². The van der Waals surface area contributed by atoms with Crippen LogP contribution in [0.5, 0.6) is 11.5 Å². The molecule has 1 unspecified atom stereocenters. The molecule has 220 valence electrons. The second-order valence-electron chi connectivity index (χ2n) is 9.60. The number of benzene rings is 2. The van der Waals surface area contributed by atoms with Crippen LogP contribution in [-0.4, -0.2) is 96.3 Å². The number of hydrogen-bond acceptors (Lipinski definition) is 11. The summed E-state index contributed by atoms with van der Waals surface area (Å²) in [6.45, 7) is 1.46. The summed E-state index contributed by atoms with van der Waals surface area (Å²) in [6.07, 6.45) is 2.20. The zero-order valence-electron chi connectivity index (χ0n) is 23.0. The van der Waals surface area contributed by atoms with Crippen molar-refractivity contribution >= 4 is 21.7 Å². The van der Waals surface area contributed by atoms with Crippen molar-refractivity contribution < 1.29 is 32.3 Å². The van der Waals surface area contributed by atoms with E-state index < -0.39 is 20.9 Å². The van der Waals surface area contributed by atoms with Gasteiger partial charge in [0.2, 0.25) is 10.0 Å². The predicted molar refractivity (Wildman–Crippen MR) is 147 cm³/mol. The van der Waals surface area contributed by atoms with Gasteiger partial charge >= 0.3 is 5.97 Å². The minimum absolute atomic E-state index is 0.00223. The largest absolute Gasteiger partial charge is 0.493 e. The summed E-state index contributed by atoms with van der Waals surface area (Å²) in [7, 11) is 1.36. The van der Waals surface area contributed by atoms with Gasteiger partial charge in [-0.25, -0.2) is 17.9 Å². The fraction of sp³-hybridized carbons (Fsp3) is 0.423. The number of nitrogens with zero attached hydrogens (tertiary/aromatic N) is 6. The summed E-state index contributed by atoms with van der Waals surface area (Å²) in [5, 5.41) is 19.0. The topological polar surface area (TPSA) is 159 Å². The molecule has 0 radical (unpaired) electrons. The number of nitro groups is 1. The third-order valence-corrected chi connectivity index (χ3v) is 8.63. The number of rotatable bonds is 13. The molecule has 0 amide bonds. The molecule has 1 atom stereocenters. The smallest absolute Gasteiger partial charge is 0.338 e. The molecule has 15 heteroatoms. The molecule has 1 aromatic heterocycles. The van der Waals surface area contributed by atoms with E-state index in [0.717, 1.165) is 5.56 Å². The van der Waals surface area contributed by atoms with Crippen LogP contribution in [0.25, 0.3) is 0 Å². The average molecular weight is 589 g/mol. The van der Waals surface area contributed by atoms with Gasteiger partial charge in [-0.2, -0.15) is 4.31 Å². The van der Waals surface area contributed by atoms with Crippen molar-refractivity contribution in [1.82, 2.24) is 24.2 Å². The predicted octanol–water partition coefficient (Wildman–Crippen LogP) is 1.94. The average Bonchev–Trinajstić information content (AvgIpc) is 3.53. The van der Waals surface area contributed by atoms with E-state index in [1.165, 1.54) is 30.7 Å². The summed E-state index contributed by atoms with van der Waals surface area (Å²) < 4.78 is 44.4. The number of non-ortho nitro benzene ring substituents is 1. The minimum Gasteiger partial charge on any atom is -0.493 e. The van der Waals surface area contributed by atoms with E-state index in [2.05, 4.69) is 10.3 Å². The van der Waals surface area contributed by atoms with Crippen molar-refractivity contribution in [2.24, 2.45) is 0 Å². The van der Waals surface area contributed by atoms with Crippen molar-refractivity contribution in [1.29, 1.82) is 0 Å². The van der Waals surface area contributed by atoms with Crippen LogP contribution in [0.2, 0.25) is 0 Å². The second kappa shape index (κ2) is 13.1. The van der Waals surface area contributed by atoms with E-state index in [1.807, 2.05) is 11.9 Å². The Kier molecular flexibility index (Phi) is 9.52. The third kappa shape index (κ3) is 7.56. The lowest BCUT2D eigenvalue weighted by molar-refractivity contribution is -0.384. The Morgan fingerprint density at radius 1 is 1.12 bits per heavy atom. The Bertz CT molecular complexity index is 1480. The third-order valence-electron chi connectivity index (χ3n) is 6.76. The van der Waals surface area contributed by atoms with Gasteiger partial charge in [0.1, 0.15) is 0 Å². The molecule has 1 aliphatic heterocycles. The molecular formula is C26H32N6O8S. The van der Waals surface area contributed by atoms with Crippen molar-refractivity contribution in [3.8, 4) is 11.5 Å². The fourth-order valence-electron chi connectivity index (χ4n) is 4.47. The SMILES string of the molecule is COc1ccc(C(=O)OCCCN(C)C2CN(Cc3cn(Cc4ccc([N+](=O)[O-])cc4)nn3)S(=O)(=O)C2)cc1OC. The van der Waals surface area contributed by atoms with Crippen LogP contribution in [0.4, 0.5) is 5.69 Å². The van der Waals surface area contributed by atoms with Gasteiger partial charge in [-0.05, 0) is 37.2 Å². The van der Waals surface area contributed by atoms with Gasteiger partial charge in [0.05, 0.1) is 62.0 Å². The lowest BCUT2D eigenvalue weighted by atomic mass is 10.2. The molecule has 2 aromatic carbocycles. The summed E-state index contributed by atoms with van der Waals surface area (Å²) in [5.41, 5.74) is 1.65. The number of ether oxygens (including phenoxy) is 3. The maximum atomic E-state index is 12.8. The molecular weight excluding hydrogens is 556 g/mol. The lowest BCUT2D eigenvalue weighted by Gasteiger charge is -2.23. The van der Waals surface area contributed by atoms with E-state index in [4.69, 9.17) is 14.2 Å². The standard InChI is InChI=1S/C26H32N6O8S/c1-29(11-4-12-40-26(33)20-7-10-24(38-2)25(13-20)39-3)23-17-31(41(36,37)18-23)16-21-15-30(28-27-21)14-19-5-8-22(9-6-19)32(34)35/h5-10,13,15,23H,4,11-12,14,16-18H2,1-3H3. The molecule has 0 aliphatic carbocycles. The molecule has 1 fully saturated rings. The van der Waals surface area contributed by atoms with Gasteiger partial charge < -0.3 is 19.1 Å². The van der Waals surface area contributed by atoms with Gasteiger partial charge in [0, 0.05) is 31.3 Å². The summed E-state index contributed by atoms with van der Waals surface area (Å²) in [5.74, 6) is 0.440. The highest BCUT2D eigenvalue weighted by atomic mass is 32.2. The zero-order chi connectivity index (χ0) is 29.6. The molecule has 4 rings (SSSR count). The molecule has 0 saturated carbocycles. The fourth-order valence-corrected chi connectivity index (χ4v) is 6.25. The number of nitro benzene ring substituents is 1. The first-order chi connectivity index (χ1) is 19.6. The van der Waals surface area contributed by atoms with Crippen molar-refractivity contribution in [3.63, 3.8) is 0 Å². The summed E-state index contributed by atoms with van der Waals surface area (Å²) >= 11 is 0. The lowest BCUT2D eigenvalue weighted by Crippen LogP contribution is -2.37. The minimum atomic E-state index is -3.49. The maximum absolute atomic E-state index is 12.8. The number of hydrogen-bond donors (Lipinski definition) is 0. The number of carbonyl (C=O) groups excluding carboxylic acids is 1. The van der Waals surface area contributed by atoms with E-state index in [9.17, 15) is 23.3 Å². The highest BCUT2D eigenvalue weighted by Gasteiger charge is 2.38. The van der Waals surface area contributed by atoms with Crippen LogP contribution >= 0.6 is 0 Å². The molecule has 1 saturated heterocycles. The molecule has 41 heavy (non-hydrogen) atoms. The second-order valence-corrected chi connectivity index (χ2v) is 11.6. The number of carbonyl (C=O) groups is 1. The van der Waals surface area contributed by atoms with Gasteiger partial charge in [-0.1, -0.05) is 17.3 Å². The highest BCUT2D eigenvalue weighted by molar-refractivity contribution is 7.89. The van der Waals surface area contributed by atoms with Crippen LogP contribution in [0.15, 0.2) is 48.7 Å². The van der Waals surface area contributed by atoms with Crippen molar-refractivity contribution in [2.75, 3.05) is 46.7 Å². The molecule has 2 heterocycles. The monoisotopic (exact) mass is 588 g/mol. The first kappa shape index (κ1) is 29.9. The van der Waals surface area contributed by atoms with E-state index >= 15 is 0 Å². The summed E-state index contributed by atoms with van der Waals surface area (Å²) in [6, 6.07) is 10.7. The Hall–Kier alpha value is -4.08. The van der Waals surface area contributed by atoms with Crippen LogP contribution in [0, 0.1) is 10.1 Å². The van der Waals surface area contributed by atoms with Crippen molar-refractivity contribution in [3.05, 3.63) is 75.6 Å². The maximum Gasteiger partial charge on any atom is 0.338 e. The van der Waals surface area contributed by atoms with Crippen LogP contribution in [0.1, 0.15) is 28.0 Å². The Morgan fingerprint density at radius 3 is 2.54 bits per heavy atom. The highest BCUT2D eigenvalue weighted by Crippen LogP contribution is 2.28. The van der Waals surface area contributed by atoms with Gasteiger partial charge in [-0.15, -0.1) is 5.10 Å². The number of sulfonamides is 1. The van der Waals surface area contributed by atoms with Crippen LogP contribution in [-0.2, 0) is 27.8 Å².